The number of nitrogens with two attached hydrogens (primary N) is 1. The van der Waals surface area contributed by atoms with Gasteiger partial charge in [-0.25, -0.2) is 13.6 Å². The van der Waals surface area contributed by atoms with Crippen LogP contribution in [0.4, 0.5) is 0 Å². The van der Waals surface area contributed by atoms with Gasteiger partial charge in [0, 0.05) is 6.04 Å². The average Bonchev–Trinajstić information content (AvgIpc) is 2.33. The highest BCUT2D eigenvalue weighted by Crippen LogP contribution is 2.15. The lowest BCUT2D eigenvalue weighted by molar-refractivity contribution is -0.153. The summed E-state index contributed by atoms with van der Waals surface area (Å²) < 4.78 is 27.5. The molecule has 1 aromatic rings. The molecule has 3 N–H and O–H groups in total. The van der Waals surface area contributed by atoms with E-state index in [0.717, 1.165) is 5.56 Å². The van der Waals surface area contributed by atoms with Crippen LogP contribution in [-0.4, -0.2) is 26.5 Å². The predicted octanol–water partition coefficient (Wildman–Crippen LogP) is 1.33. The Labute approximate surface area is 125 Å². The van der Waals surface area contributed by atoms with Gasteiger partial charge in [-0.1, -0.05) is 12.1 Å². The van der Waals surface area contributed by atoms with Crippen LogP contribution in [0.3, 0.4) is 0 Å². The topological polar surface area (TPSA) is 98.5 Å². The maximum Gasteiger partial charge on any atom is 0.320 e. The molecule has 0 aromatic heterocycles. The number of benzene rings is 1. The van der Waals surface area contributed by atoms with Crippen molar-refractivity contribution in [2.45, 2.75) is 44.2 Å². The fraction of sp³-hybridized carbons (Fsp3) is 0.500. The van der Waals surface area contributed by atoms with Gasteiger partial charge in [0.2, 0.25) is 10.0 Å². The Kier molecular flexibility index (Phi) is 5.49. The second kappa shape index (κ2) is 6.55. The first kappa shape index (κ1) is 17.6. The van der Waals surface area contributed by atoms with Crippen LogP contribution in [-0.2, 0) is 19.6 Å². The monoisotopic (exact) mass is 314 g/mol. The van der Waals surface area contributed by atoms with Crippen molar-refractivity contribution in [3.8, 4) is 0 Å². The van der Waals surface area contributed by atoms with E-state index in [0.29, 0.717) is 0 Å². The number of carbonyl (C=O) groups excluding carboxylic acids is 1. The lowest BCUT2D eigenvalue weighted by Crippen LogP contribution is -2.32. The summed E-state index contributed by atoms with van der Waals surface area (Å²) in [6.45, 7) is 7.37. The van der Waals surface area contributed by atoms with E-state index in [1.807, 2.05) is 6.92 Å². The zero-order chi connectivity index (χ0) is 16.3. The molecular formula is C14H22N2O4S. The fourth-order valence-electron chi connectivity index (χ4n) is 1.68. The lowest BCUT2D eigenvalue weighted by atomic mass is 10.1. The van der Waals surface area contributed by atoms with Crippen molar-refractivity contribution in [3.63, 3.8) is 0 Å². The Bertz CT molecular complexity index is 588. The molecular weight excluding hydrogens is 292 g/mol. The van der Waals surface area contributed by atoms with Crippen LogP contribution >= 0.6 is 0 Å². The molecule has 1 aromatic carbocycles. The molecule has 0 fully saturated rings. The summed E-state index contributed by atoms with van der Waals surface area (Å²) in [5.74, 6) is -0.337. The standard InChI is InChI=1S/C14H22N2O4S/c1-10(16-9-13(17)20-14(2,3)4)11-5-7-12(8-6-11)21(15,18)19/h5-8,10,16H,9H2,1-4H3,(H2,15,18,19). The van der Waals surface area contributed by atoms with Gasteiger partial charge in [0.15, 0.2) is 0 Å². The third kappa shape index (κ3) is 6.24. The SMILES string of the molecule is CC(NCC(=O)OC(C)(C)C)c1ccc(S(N)(=O)=O)cc1. The number of esters is 1. The predicted molar refractivity (Wildman–Crippen MR) is 80.1 cm³/mol. The number of rotatable bonds is 5. The third-order valence-electron chi connectivity index (χ3n) is 2.68. The van der Waals surface area contributed by atoms with Gasteiger partial charge in [-0.15, -0.1) is 0 Å². The second-order valence-electron chi connectivity index (χ2n) is 5.80. The number of carbonyl (C=O) groups is 1. The lowest BCUT2D eigenvalue weighted by Gasteiger charge is -2.21. The first-order valence-electron chi connectivity index (χ1n) is 6.57. The Morgan fingerprint density at radius 3 is 2.24 bits per heavy atom. The van der Waals surface area contributed by atoms with Crippen LogP contribution in [0.2, 0.25) is 0 Å². The summed E-state index contributed by atoms with van der Waals surface area (Å²) in [5.41, 5.74) is 0.338. The number of primary sulfonamides is 1. The summed E-state index contributed by atoms with van der Waals surface area (Å²) in [7, 11) is -3.69. The number of hydrogen-bond acceptors (Lipinski definition) is 5. The highest BCUT2D eigenvalue weighted by molar-refractivity contribution is 7.89. The molecule has 0 bridgehead atoms. The van der Waals surface area contributed by atoms with Crippen LogP contribution in [0.15, 0.2) is 29.2 Å². The number of ether oxygens (including phenoxy) is 1. The van der Waals surface area contributed by atoms with Crippen molar-refractivity contribution >= 4 is 16.0 Å². The summed E-state index contributed by atoms with van der Waals surface area (Å²) in [4.78, 5) is 11.7. The van der Waals surface area contributed by atoms with Gasteiger partial charge in [0.25, 0.3) is 0 Å². The molecule has 0 aliphatic heterocycles. The van der Waals surface area contributed by atoms with Crippen molar-refractivity contribution in [2.75, 3.05) is 6.54 Å². The van der Waals surface area contributed by atoms with E-state index in [2.05, 4.69) is 5.32 Å². The summed E-state index contributed by atoms with van der Waals surface area (Å²) in [6, 6.07) is 6.08. The summed E-state index contributed by atoms with van der Waals surface area (Å²) in [5, 5.41) is 8.06. The number of hydrogen-bond donors (Lipinski definition) is 2. The highest BCUT2D eigenvalue weighted by atomic mass is 32.2. The second-order valence-corrected chi connectivity index (χ2v) is 7.36. The van der Waals surface area contributed by atoms with Gasteiger partial charge >= 0.3 is 5.97 Å². The minimum Gasteiger partial charge on any atom is -0.459 e. The van der Waals surface area contributed by atoms with Gasteiger partial charge in [0.05, 0.1) is 11.4 Å². The highest BCUT2D eigenvalue weighted by Gasteiger charge is 2.17. The Morgan fingerprint density at radius 2 is 1.81 bits per heavy atom. The molecule has 0 radical (unpaired) electrons. The van der Waals surface area contributed by atoms with Gasteiger partial charge < -0.3 is 10.1 Å². The number of nitrogens with one attached hydrogen (secondary N) is 1. The molecule has 6 nitrogen and oxygen atoms in total. The molecule has 1 rings (SSSR count). The molecule has 0 saturated heterocycles. The van der Waals surface area contributed by atoms with Crippen LogP contribution in [0.25, 0.3) is 0 Å². The molecule has 0 aliphatic carbocycles. The van der Waals surface area contributed by atoms with E-state index in [1.54, 1.807) is 32.9 Å². The molecule has 0 heterocycles. The van der Waals surface area contributed by atoms with Crippen LogP contribution < -0.4 is 10.5 Å². The van der Waals surface area contributed by atoms with Gasteiger partial charge in [-0.3, -0.25) is 4.79 Å². The zero-order valence-corrected chi connectivity index (χ0v) is 13.5. The molecule has 0 amide bonds. The molecule has 0 spiro atoms. The molecule has 1 unspecified atom stereocenters. The molecule has 0 aliphatic rings. The number of sulfonamides is 1. The van der Waals surface area contributed by atoms with Crippen molar-refractivity contribution in [2.24, 2.45) is 5.14 Å². The smallest absolute Gasteiger partial charge is 0.320 e. The van der Waals surface area contributed by atoms with Crippen molar-refractivity contribution in [3.05, 3.63) is 29.8 Å². The van der Waals surface area contributed by atoms with Crippen molar-refractivity contribution in [1.82, 2.24) is 5.32 Å². The third-order valence-corrected chi connectivity index (χ3v) is 3.61. The van der Waals surface area contributed by atoms with Crippen LogP contribution in [0, 0.1) is 0 Å². The maximum absolute atomic E-state index is 11.6. The van der Waals surface area contributed by atoms with Gasteiger partial charge in [-0.2, -0.15) is 0 Å². The fourth-order valence-corrected chi connectivity index (χ4v) is 2.19. The minimum absolute atomic E-state index is 0.0607. The van der Waals surface area contributed by atoms with Crippen molar-refractivity contribution in [1.29, 1.82) is 0 Å². The Hall–Kier alpha value is -1.44. The zero-order valence-electron chi connectivity index (χ0n) is 12.7. The maximum atomic E-state index is 11.6. The first-order chi connectivity index (χ1) is 9.49. The van der Waals surface area contributed by atoms with E-state index in [9.17, 15) is 13.2 Å². The summed E-state index contributed by atoms with van der Waals surface area (Å²) in [6.07, 6.45) is 0. The Balaban J connectivity index is 2.60. The Morgan fingerprint density at radius 1 is 1.29 bits per heavy atom. The first-order valence-corrected chi connectivity index (χ1v) is 8.12. The molecule has 0 saturated carbocycles. The van der Waals surface area contributed by atoms with E-state index in [-0.39, 0.29) is 23.5 Å². The molecule has 7 heteroatoms. The normalized spacial score (nSPS) is 13.8. The van der Waals surface area contributed by atoms with Crippen molar-refractivity contribution < 1.29 is 17.9 Å². The van der Waals surface area contributed by atoms with E-state index in [1.165, 1.54) is 12.1 Å². The quantitative estimate of drug-likeness (QED) is 0.799. The van der Waals surface area contributed by atoms with Crippen LogP contribution in [0.1, 0.15) is 39.3 Å². The van der Waals surface area contributed by atoms with Gasteiger partial charge in [-0.05, 0) is 45.4 Å². The molecule has 1 atom stereocenters. The van der Waals surface area contributed by atoms with E-state index < -0.39 is 15.6 Å². The minimum atomic E-state index is -3.69. The molecule has 21 heavy (non-hydrogen) atoms. The van der Waals surface area contributed by atoms with Gasteiger partial charge in [0.1, 0.15) is 5.60 Å². The average molecular weight is 314 g/mol. The summed E-state index contributed by atoms with van der Waals surface area (Å²) >= 11 is 0. The molecule has 118 valence electrons. The van der Waals surface area contributed by atoms with E-state index in [4.69, 9.17) is 9.88 Å². The largest absolute Gasteiger partial charge is 0.459 e. The van der Waals surface area contributed by atoms with E-state index >= 15 is 0 Å². The van der Waals surface area contributed by atoms with Crippen LogP contribution in [0.5, 0.6) is 0 Å².